The Hall–Kier alpha value is -2.65. The zero-order chi connectivity index (χ0) is 19.6. The topological polar surface area (TPSA) is 70.1 Å². The van der Waals surface area contributed by atoms with Crippen LogP contribution in [0.2, 0.25) is 0 Å². The van der Waals surface area contributed by atoms with Gasteiger partial charge in [0.2, 0.25) is 0 Å². The molecule has 0 bridgehead atoms. The Labute approximate surface area is 161 Å². The van der Waals surface area contributed by atoms with Crippen molar-refractivity contribution in [1.82, 2.24) is 4.90 Å². The first-order chi connectivity index (χ1) is 12.8. The number of amides is 1. The van der Waals surface area contributed by atoms with E-state index in [0.717, 1.165) is 36.0 Å². The molecule has 1 heterocycles. The summed E-state index contributed by atoms with van der Waals surface area (Å²) in [6.45, 7) is 0. The molecule has 1 fully saturated rings. The van der Waals surface area contributed by atoms with Crippen molar-refractivity contribution in [2.45, 2.75) is 4.90 Å². The minimum Gasteiger partial charge on any atom is -0.382 e. The second-order valence-electron chi connectivity index (χ2n) is 5.84. The third-order valence-electron chi connectivity index (χ3n) is 3.51. The van der Waals surface area contributed by atoms with Crippen LogP contribution in [0.1, 0.15) is 0 Å². The van der Waals surface area contributed by atoms with Crippen LogP contribution in [-0.2, 0) is 14.8 Å². The van der Waals surface area contributed by atoms with E-state index in [0.29, 0.717) is 10.6 Å². The summed E-state index contributed by atoms with van der Waals surface area (Å²) in [5.74, 6) is -0.915. The number of benzene rings is 2. The molecule has 0 radical (unpaired) electrons. The molecule has 1 saturated heterocycles. The molecule has 140 valence electrons. The first kappa shape index (κ1) is 19.1. The van der Waals surface area contributed by atoms with Gasteiger partial charge in [0, 0.05) is 20.3 Å². The molecule has 0 unspecified atom stereocenters. The van der Waals surface area contributed by atoms with Crippen LogP contribution < -0.4 is 4.90 Å². The normalized spacial score (nSPS) is 17.7. The molecular formula is C18H16FN3O3S2. The second-order valence-corrected chi connectivity index (χ2v) is 8.45. The molecule has 2 aromatic carbocycles. The fraction of sp³-hybridized carbons (Fsp3) is 0.111. The summed E-state index contributed by atoms with van der Waals surface area (Å²) in [4.78, 5) is 15.9. The zero-order valence-corrected chi connectivity index (χ0v) is 16.2. The number of rotatable bonds is 4. The predicted octanol–water partition coefficient (Wildman–Crippen LogP) is 3.05. The molecule has 0 saturated carbocycles. The quantitative estimate of drug-likeness (QED) is 0.732. The summed E-state index contributed by atoms with van der Waals surface area (Å²) in [6, 6.07) is 13.0. The SMILES string of the molecule is CN(C)C=C1SC(=NS(=O)(=O)c2ccc(F)cc2)N(c2ccccc2)C1=O. The summed E-state index contributed by atoms with van der Waals surface area (Å²) >= 11 is 0.967. The average molecular weight is 405 g/mol. The summed E-state index contributed by atoms with van der Waals surface area (Å²) in [5.41, 5.74) is 0.505. The van der Waals surface area contributed by atoms with E-state index in [4.69, 9.17) is 0 Å². The van der Waals surface area contributed by atoms with E-state index >= 15 is 0 Å². The number of nitrogens with zero attached hydrogens (tertiary/aromatic N) is 3. The molecule has 0 atom stereocenters. The van der Waals surface area contributed by atoms with E-state index in [1.807, 2.05) is 0 Å². The van der Waals surface area contributed by atoms with Crippen molar-refractivity contribution in [3.05, 3.63) is 71.5 Å². The molecule has 27 heavy (non-hydrogen) atoms. The van der Waals surface area contributed by atoms with Gasteiger partial charge in [-0.1, -0.05) is 18.2 Å². The molecule has 6 nitrogen and oxygen atoms in total. The van der Waals surface area contributed by atoms with Crippen LogP contribution in [0.3, 0.4) is 0 Å². The molecule has 0 aromatic heterocycles. The molecular weight excluding hydrogens is 389 g/mol. The Morgan fingerprint density at radius 3 is 2.30 bits per heavy atom. The maximum absolute atomic E-state index is 13.1. The Bertz CT molecular complexity index is 1020. The first-order valence-corrected chi connectivity index (χ1v) is 10.1. The van der Waals surface area contributed by atoms with Crippen LogP contribution in [0.4, 0.5) is 10.1 Å². The van der Waals surface area contributed by atoms with Crippen molar-refractivity contribution >= 4 is 38.5 Å². The number of carbonyl (C=O) groups excluding carboxylic acids is 1. The predicted molar refractivity (Wildman–Crippen MR) is 104 cm³/mol. The lowest BCUT2D eigenvalue weighted by Gasteiger charge is -2.15. The van der Waals surface area contributed by atoms with Gasteiger partial charge in [0.05, 0.1) is 15.5 Å². The van der Waals surface area contributed by atoms with Crippen LogP contribution in [0.15, 0.2) is 75.0 Å². The van der Waals surface area contributed by atoms with Gasteiger partial charge in [-0.3, -0.25) is 9.69 Å². The number of anilines is 1. The third kappa shape index (κ3) is 4.20. The van der Waals surface area contributed by atoms with Crippen LogP contribution in [-0.4, -0.2) is 38.5 Å². The number of halogens is 1. The van der Waals surface area contributed by atoms with Crippen LogP contribution in [0, 0.1) is 5.82 Å². The van der Waals surface area contributed by atoms with Gasteiger partial charge in [0.1, 0.15) is 5.82 Å². The largest absolute Gasteiger partial charge is 0.382 e. The molecule has 0 spiro atoms. The van der Waals surface area contributed by atoms with Crippen molar-refractivity contribution in [3.63, 3.8) is 0 Å². The van der Waals surface area contributed by atoms with Gasteiger partial charge in [0.25, 0.3) is 15.9 Å². The number of amidine groups is 1. The number of carbonyl (C=O) groups is 1. The van der Waals surface area contributed by atoms with Crippen LogP contribution in [0.5, 0.6) is 0 Å². The summed E-state index contributed by atoms with van der Waals surface area (Å²) < 4.78 is 42.2. The standard InChI is InChI=1S/C18H16FN3O3S2/c1-21(2)12-16-17(23)22(14-6-4-3-5-7-14)18(26-16)20-27(24,25)15-10-8-13(19)9-11-15/h3-12H,1-2H3. The van der Waals surface area contributed by atoms with Crippen molar-refractivity contribution in [1.29, 1.82) is 0 Å². The maximum atomic E-state index is 13.1. The number of hydrogen-bond acceptors (Lipinski definition) is 5. The van der Waals surface area contributed by atoms with Gasteiger partial charge in [-0.05, 0) is 48.2 Å². The van der Waals surface area contributed by atoms with Crippen LogP contribution >= 0.6 is 11.8 Å². The number of hydrogen-bond donors (Lipinski definition) is 0. The van der Waals surface area contributed by atoms with E-state index in [9.17, 15) is 17.6 Å². The lowest BCUT2D eigenvalue weighted by atomic mass is 10.3. The second kappa shape index (κ2) is 7.53. The zero-order valence-electron chi connectivity index (χ0n) is 14.5. The highest BCUT2D eigenvalue weighted by Gasteiger charge is 2.36. The summed E-state index contributed by atoms with van der Waals surface area (Å²) in [7, 11) is -0.587. The van der Waals surface area contributed by atoms with Gasteiger partial charge < -0.3 is 4.90 Å². The van der Waals surface area contributed by atoms with E-state index in [-0.39, 0.29) is 16.0 Å². The molecule has 1 aliphatic rings. The van der Waals surface area contributed by atoms with Gasteiger partial charge in [-0.2, -0.15) is 8.42 Å². The monoisotopic (exact) mass is 405 g/mol. The molecule has 1 amide bonds. The van der Waals surface area contributed by atoms with E-state index < -0.39 is 15.8 Å². The lowest BCUT2D eigenvalue weighted by molar-refractivity contribution is -0.113. The van der Waals surface area contributed by atoms with Crippen molar-refractivity contribution in [2.24, 2.45) is 4.40 Å². The van der Waals surface area contributed by atoms with Crippen molar-refractivity contribution < 1.29 is 17.6 Å². The smallest absolute Gasteiger partial charge is 0.284 e. The van der Waals surface area contributed by atoms with E-state index in [1.165, 1.54) is 4.90 Å². The van der Waals surface area contributed by atoms with Gasteiger partial charge in [0.15, 0.2) is 5.17 Å². The van der Waals surface area contributed by atoms with Crippen molar-refractivity contribution in [3.8, 4) is 0 Å². The van der Waals surface area contributed by atoms with E-state index in [1.54, 1.807) is 55.5 Å². The lowest BCUT2D eigenvalue weighted by Crippen LogP contribution is -2.29. The molecule has 2 aromatic rings. The number of thioether (sulfide) groups is 1. The Kier molecular flexibility index (Phi) is 5.33. The van der Waals surface area contributed by atoms with Crippen molar-refractivity contribution in [2.75, 3.05) is 19.0 Å². The number of sulfonamides is 1. The fourth-order valence-electron chi connectivity index (χ4n) is 2.33. The Morgan fingerprint density at radius 1 is 1.07 bits per heavy atom. The molecule has 0 N–H and O–H groups in total. The Balaban J connectivity index is 2.08. The first-order valence-electron chi connectivity index (χ1n) is 7.84. The highest BCUT2D eigenvalue weighted by molar-refractivity contribution is 8.19. The fourth-order valence-corrected chi connectivity index (χ4v) is 4.56. The van der Waals surface area contributed by atoms with E-state index in [2.05, 4.69) is 4.40 Å². The third-order valence-corrected chi connectivity index (χ3v) is 5.86. The summed E-state index contributed by atoms with van der Waals surface area (Å²) in [6.07, 6.45) is 1.61. The Morgan fingerprint density at radius 2 is 1.70 bits per heavy atom. The highest BCUT2D eigenvalue weighted by atomic mass is 32.2. The molecule has 3 rings (SSSR count). The summed E-state index contributed by atoms with van der Waals surface area (Å²) in [5, 5.41) is 0.0172. The highest BCUT2D eigenvalue weighted by Crippen LogP contribution is 2.35. The minimum absolute atomic E-state index is 0.0172. The van der Waals surface area contributed by atoms with Gasteiger partial charge in [-0.15, -0.1) is 4.40 Å². The maximum Gasteiger partial charge on any atom is 0.284 e. The van der Waals surface area contributed by atoms with Gasteiger partial charge in [-0.25, -0.2) is 4.39 Å². The molecule has 9 heteroatoms. The number of para-hydroxylation sites is 1. The molecule has 0 aliphatic carbocycles. The minimum atomic E-state index is -4.11. The van der Waals surface area contributed by atoms with Gasteiger partial charge >= 0.3 is 0 Å². The van der Waals surface area contributed by atoms with Crippen LogP contribution in [0.25, 0.3) is 0 Å². The average Bonchev–Trinajstić information content (AvgIpc) is 2.90. The molecule has 1 aliphatic heterocycles.